The molecule has 0 fully saturated rings. The SMILES string of the molecule is Cc1cc(-c2nn(C)c(N)c2-c2nc3ccccc3s2)nn1C. The number of aromatic nitrogens is 5. The van der Waals surface area contributed by atoms with Crippen molar-refractivity contribution in [1.82, 2.24) is 24.5 Å². The summed E-state index contributed by atoms with van der Waals surface area (Å²) in [6.07, 6.45) is 0. The Kier molecular flexibility index (Phi) is 2.99. The Bertz CT molecular complexity index is 970. The second-order valence-electron chi connectivity index (χ2n) is 5.51. The van der Waals surface area contributed by atoms with Crippen LogP contribution >= 0.6 is 11.3 Å². The van der Waals surface area contributed by atoms with Crippen LogP contribution in [0, 0.1) is 6.92 Å². The zero-order chi connectivity index (χ0) is 16.1. The molecule has 0 amide bonds. The number of nitrogen functional groups attached to an aromatic ring is 1. The van der Waals surface area contributed by atoms with E-state index in [9.17, 15) is 0 Å². The summed E-state index contributed by atoms with van der Waals surface area (Å²) in [5.41, 5.74) is 10.7. The predicted molar refractivity (Wildman–Crippen MR) is 93.2 cm³/mol. The highest BCUT2D eigenvalue weighted by molar-refractivity contribution is 7.21. The molecular formula is C16H16N6S. The minimum absolute atomic E-state index is 0.599. The molecule has 4 rings (SSSR count). The van der Waals surface area contributed by atoms with Crippen molar-refractivity contribution in [2.24, 2.45) is 14.1 Å². The molecule has 0 saturated carbocycles. The molecule has 7 heteroatoms. The Labute approximate surface area is 137 Å². The number of thiazole rings is 1. The van der Waals surface area contributed by atoms with Crippen molar-refractivity contribution in [3.63, 3.8) is 0 Å². The minimum Gasteiger partial charge on any atom is -0.383 e. The molecule has 0 bridgehead atoms. The van der Waals surface area contributed by atoms with Crippen LogP contribution in [0.4, 0.5) is 5.82 Å². The molecule has 0 aliphatic heterocycles. The van der Waals surface area contributed by atoms with Gasteiger partial charge in [0.2, 0.25) is 0 Å². The lowest BCUT2D eigenvalue weighted by Gasteiger charge is -1.97. The Morgan fingerprint density at radius 3 is 2.57 bits per heavy atom. The number of benzene rings is 1. The standard InChI is InChI=1S/C16H16N6S/c1-9-8-11(19-21(9)2)14-13(15(17)22(3)20-14)16-18-10-6-4-5-7-12(10)23-16/h4-8H,17H2,1-3H3. The minimum atomic E-state index is 0.599. The van der Waals surface area contributed by atoms with Crippen LogP contribution in [0.3, 0.4) is 0 Å². The van der Waals surface area contributed by atoms with Gasteiger partial charge in [0.15, 0.2) is 0 Å². The normalized spacial score (nSPS) is 11.4. The third kappa shape index (κ3) is 2.12. The molecule has 0 atom stereocenters. The summed E-state index contributed by atoms with van der Waals surface area (Å²) < 4.78 is 4.65. The Morgan fingerprint density at radius 2 is 1.87 bits per heavy atom. The molecule has 6 nitrogen and oxygen atoms in total. The number of nitrogens with zero attached hydrogens (tertiary/aromatic N) is 5. The number of hydrogen-bond acceptors (Lipinski definition) is 5. The fourth-order valence-corrected chi connectivity index (χ4v) is 3.60. The predicted octanol–water partition coefficient (Wildman–Crippen LogP) is 2.99. The average Bonchev–Trinajstić information content (AvgIpc) is 3.17. The van der Waals surface area contributed by atoms with Crippen LogP contribution in [0.25, 0.3) is 32.2 Å². The van der Waals surface area contributed by atoms with Gasteiger partial charge in [-0.25, -0.2) is 4.98 Å². The van der Waals surface area contributed by atoms with E-state index in [1.165, 1.54) is 0 Å². The highest BCUT2D eigenvalue weighted by atomic mass is 32.1. The third-order valence-electron chi connectivity index (χ3n) is 3.96. The van der Waals surface area contributed by atoms with E-state index in [-0.39, 0.29) is 0 Å². The van der Waals surface area contributed by atoms with Gasteiger partial charge < -0.3 is 5.73 Å². The lowest BCUT2D eigenvalue weighted by atomic mass is 10.2. The van der Waals surface area contributed by atoms with Crippen LogP contribution in [-0.2, 0) is 14.1 Å². The Hall–Kier alpha value is -2.67. The quantitative estimate of drug-likeness (QED) is 0.615. The third-order valence-corrected chi connectivity index (χ3v) is 5.01. The van der Waals surface area contributed by atoms with Crippen molar-refractivity contribution < 1.29 is 0 Å². The van der Waals surface area contributed by atoms with Gasteiger partial charge in [-0.3, -0.25) is 9.36 Å². The average molecular weight is 324 g/mol. The summed E-state index contributed by atoms with van der Waals surface area (Å²) in [6, 6.07) is 10.1. The molecule has 0 spiro atoms. The van der Waals surface area contributed by atoms with Crippen molar-refractivity contribution in [3.05, 3.63) is 36.0 Å². The maximum atomic E-state index is 6.27. The summed E-state index contributed by atoms with van der Waals surface area (Å²) in [5.74, 6) is 0.599. The first-order valence-corrected chi connectivity index (χ1v) is 8.05. The fourth-order valence-electron chi connectivity index (χ4n) is 2.58. The van der Waals surface area contributed by atoms with Crippen molar-refractivity contribution in [2.75, 3.05) is 5.73 Å². The van der Waals surface area contributed by atoms with Gasteiger partial charge >= 0.3 is 0 Å². The first-order valence-electron chi connectivity index (χ1n) is 7.24. The number of nitrogens with two attached hydrogens (primary N) is 1. The monoisotopic (exact) mass is 324 g/mol. The molecule has 1 aromatic carbocycles. The molecule has 2 N–H and O–H groups in total. The van der Waals surface area contributed by atoms with Crippen molar-refractivity contribution in [3.8, 4) is 22.0 Å². The van der Waals surface area contributed by atoms with Crippen LogP contribution in [0.15, 0.2) is 30.3 Å². The first-order chi connectivity index (χ1) is 11.0. The van der Waals surface area contributed by atoms with Gasteiger partial charge in [0.1, 0.15) is 22.2 Å². The molecule has 0 aliphatic rings. The van der Waals surface area contributed by atoms with Crippen LogP contribution < -0.4 is 5.73 Å². The summed E-state index contributed by atoms with van der Waals surface area (Å²) in [7, 11) is 3.76. The van der Waals surface area contributed by atoms with E-state index in [2.05, 4.69) is 16.3 Å². The van der Waals surface area contributed by atoms with Gasteiger partial charge in [-0.05, 0) is 25.1 Å². The Morgan fingerprint density at radius 1 is 1.09 bits per heavy atom. The van der Waals surface area contributed by atoms with E-state index in [0.29, 0.717) is 5.82 Å². The second-order valence-corrected chi connectivity index (χ2v) is 6.54. The van der Waals surface area contributed by atoms with Crippen LogP contribution in [0.2, 0.25) is 0 Å². The summed E-state index contributed by atoms with van der Waals surface area (Å²) in [4.78, 5) is 4.72. The molecule has 3 heterocycles. The zero-order valence-corrected chi connectivity index (χ0v) is 13.9. The number of rotatable bonds is 2. The largest absolute Gasteiger partial charge is 0.383 e. The van der Waals surface area contributed by atoms with Gasteiger partial charge in [-0.2, -0.15) is 10.2 Å². The van der Waals surface area contributed by atoms with Gasteiger partial charge in [-0.1, -0.05) is 12.1 Å². The lowest BCUT2D eigenvalue weighted by molar-refractivity contribution is 0.738. The molecule has 3 aromatic heterocycles. The van der Waals surface area contributed by atoms with Gasteiger partial charge in [-0.15, -0.1) is 11.3 Å². The molecule has 0 aliphatic carbocycles. The number of anilines is 1. The number of para-hydroxylation sites is 1. The molecule has 0 unspecified atom stereocenters. The van der Waals surface area contributed by atoms with E-state index in [1.54, 1.807) is 16.0 Å². The molecule has 0 radical (unpaired) electrons. The van der Waals surface area contributed by atoms with Gasteiger partial charge in [0.25, 0.3) is 0 Å². The van der Waals surface area contributed by atoms with Crippen molar-refractivity contribution in [1.29, 1.82) is 0 Å². The molecule has 116 valence electrons. The number of aryl methyl sites for hydroxylation is 3. The Balaban J connectivity index is 1.97. The first kappa shape index (κ1) is 14.0. The highest BCUT2D eigenvalue weighted by Crippen LogP contribution is 2.39. The van der Waals surface area contributed by atoms with Crippen LogP contribution in [0.1, 0.15) is 5.69 Å². The molecular weight excluding hydrogens is 308 g/mol. The van der Waals surface area contributed by atoms with Crippen LogP contribution in [-0.4, -0.2) is 24.5 Å². The number of fused-ring (bicyclic) bond motifs is 1. The summed E-state index contributed by atoms with van der Waals surface area (Å²) in [5, 5.41) is 9.97. The summed E-state index contributed by atoms with van der Waals surface area (Å²) in [6.45, 7) is 2.01. The number of hydrogen-bond donors (Lipinski definition) is 1. The van der Waals surface area contributed by atoms with Gasteiger partial charge in [0, 0.05) is 19.8 Å². The van der Waals surface area contributed by atoms with Crippen LogP contribution in [0.5, 0.6) is 0 Å². The molecule has 23 heavy (non-hydrogen) atoms. The topological polar surface area (TPSA) is 74.6 Å². The lowest BCUT2D eigenvalue weighted by Crippen LogP contribution is -1.97. The van der Waals surface area contributed by atoms with E-state index in [4.69, 9.17) is 10.7 Å². The smallest absolute Gasteiger partial charge is 0.132 e. The molecule has 0 saturated heterocycles. The maximum Gasteiger partial charge on any atom is 0.132 e. The zero-order valence-electron chi connectivity index (χ0n) is 13.1. The maximum absolute atomic E-state index is 6.27. The second kappa shape index (κ2) is 4.92. The van der Waals surface area contributed by atoms with Crippen molar-refractivity contribution >= 4 is 27.4 Å². The van der Waals surface area contributed by atoms with Crippen molar-refractivity contribution in [2.45, 2.75) is 6.92 Å². The van der Waals surface area contributed by atoms with E-state index >= 15 is 0 Å². The highest BCUT2D eigenvalue weighted by Gasteiger charge is 2.22. The van der Waals surface area contributed by atoms with Gasteiger partial charge in [0.05, 0.1) is 15.8 Å². The fraction of sp³-hybridized carbons (Fsp3) is 0.188. The van der Waals surface area contributed by atoms with E-state index in [1.807, 2.05) is 50.0 Å². The van der Waals surface area contributed by atoms with E-state index < -0.39 is 0 Å². The summed E-state index contributed by atoms with van der Waals surface area (Å²) >= 11 is 1.62. The molecule has 4 aromatic rings. The van der Waals surface area contributed by atoms with E-state index in [0.717, 1.165) is 37.9 Å².